The van der Waals surface area contributed by atoms with Gasteiger partial charge in [0.15, 0.2) is 17.3 Å². The highest BCUT2D eigenvalue weighted by Gasteiger charge is 2.42. The Hall–Kier alpha value is -3.74. The number of ketones is 1. The minimum absolute atomic E-state index is 0.000701. The smallest absolute Gasteiger partial charge is 0.337 e. The van der Waals surface area contributed by atoms with Crippen LogP contribution in [-0.4, -0.2) is 38.7 Å². The molecule has 1 aliphatic carbocycles. The molecular formula is C32H39NO6. The monoisotopic (exact) mass is 533 g/mol. The first-order valence-electron chi connectivity index (χ1n) is 13.7. The van der Waals surface area contributed by atoms with Crippen LogP contribution in [0.5, 0.6) is 17.2 Å². The molecule has 1 N–H and O–H groups in total. The van der Waals surface area contributed by atoms with Crippen molar-refractivity contribution in [2.45, 2.75) is 71.3 Å². The van der Waals surface area contributed by atoms with Crippen molar-refractivity contribution in [1.82, 2.24) is 5.32 Å². The summed E-state index contributed by atoms with van der Waals surface area (Å²) in [6.45, 7) is 8.20. The van der Waals surface area contributed by atoms with Crippen LogP contribution in [0, 0.1) is 0 Å². The average Bonchev–Trinajstić information content (AvgIpc) is 2.91. The summed E-state index contributed by atoms with van der Waals surface area (Å²) in [6, 6.07) is 13.5. The molecule has 7 nitrogen and oxygen atoms in total. The van der Waals surface area contributed by atoms with Gasteiger partial charge in [0.1, 0.15) is 5.75 Å². The van der Waals surface area contributed by atoms with Crippen molar-refractivity contribution >= 4 is 11.8 Å². The average molecular weight is 534 g/mol. The molecule has 1 aliphatic heterocycles. The van der Waals surface area contributed by atoms with E-state index in [0.717, 1.165) is 29.7 Å². The number of carbonyl (C=O) groups is 2. The highest BCUT2D eigenvalue weighted by Crippen LogP contribution is 2.48. The van der Waals surface area contributed by atoms with E-state index in [2.05, 4.69) is 12.2 Å². The van der Waals surface area contributed by atoms with Crippen molar-refractivity contribution in [3.05, 3.63) is 76.1 Å². The number of methoxy groups -OCH3 is 2. The van der Waals surface area contributed by atoms with Crippen molar-refractivity contribution in [2.24, 2.45) is 0 Å². The summed E-state index contributed by atoms with van der Waals surface area (Å²) in [5.74, 6) is 0.906. The molecule has 0 unspecified atom stereocenters. The number of dihydropyridines is 1. The predicted octanol–water partition coefficient (Wildman–Crippen LogP) is 6.20. The van der Waals surface area contributed by atoms with Crippen LogP contribution in [0.1, 0.15) is 76.3 Å². The third kappa shape index (κ3) is 5.97. The van der Waals surface area contributed by atoms with Crippen LogP contribution in [0.15, 0.2) is 65.0 Å². The Bertz CT molecular complexity index is 1290. The van der Waals surface area contributed by atoms with Gasteiger partial charge in [0.25, 0.3) is 0 Å². The summed E-state index contributed by atoms with van der Waals surface area (Å²) in [6.07, 6.45) is 2.57. The van der Waals surface area contributed by atoms with Crippen molar-refractivity contribution in [2.75, 3.05) is 20.8 Å². The molecule has 0 saturated carbocycles. The number of hydrogen-bond donors (Lipinski definition) is 1. The molecule has 0 bridgehead atoms. The van der Waals surface area contributed by atoms with Gasteiger partial charge in [-0.2, -0.15) is 0 Å². The van der Waals surface area contributed by atoms with Gasteiger partial charge in [0.05, 0.1) is 38.4 Å². The fraction of sp³-hybridized carbons (Fsp3) is 0.438. The zero-order valence-corrected chi connectivity index (χ0v) is 23.8. The lowest BCUT2D eigenvalue weighted by Gasteiger charge is -2.37. The van der Waals surface area contributed by atoms with E-state index in [0.29, 0.717) is 53.5 Å². The molecule has 4 rings (SSSR count). The molecule has 2 aliphatic rings. The summed E-state index contributed by atoms with van der Waals surface area (Å²) < 4.78 is 22.7. The van der Waals surface area contributed by atoms with Gasteiger partial charge in [-0.05, 0) is 63.3 Å². The van der Waals surface area contributed by atoms with Gasteiger partial charge >= 0.3 is 5.97 Å². The summed E-state index contributed by atoms with van der Waals surface area (Å²) in [7, 11) is 3.21. The molecule has 0 amide bonds. The summed E-state index contributed by atoms with van der Waals surface area (Å²) in [5.41, 5.74) is 4.38. The SMILES string of the molecule is CCCCOc1ccccc1[C@H]1C(C(=O)OC(C)C)=C(C)NC2=C1C(=O)C[C@H](c1ccc(OC)c(OC)c1)C2. The maximum absolute atomic E-state index is 14.0. The molecule has 0 saturated heterocycles. The Morgan fingerprint density at radius 3 is 2.46 bits per heavy atom. The van der Waals surface area contributed by atoms with Crippen molar-refractivity contribution in [3.8, 4) is 17.2 Å². The van der Waals surface area contributed by atoms with E-state index in [1.165, 1.54) is 0 Å². The summed E-state index contributed by atoms with van der Waals surface area (Å²) >= 11 is 0. The van der Waals surface area contributed by atoms with Gasteiger partial charge < -0.3 is 24.3 Å². The fourth-order valence-corrected chi connectivity index (χ4v) is 5.42. The largest absolute Gasteiger partial charge is 0.493 e. The number of hydrogen-bond acceptors (Lipinski definition) is 7. The van der Waals surface area contributed by atoms with Crippen molar-refractivity contribution in [1.29, 1.82) is 0 Å². The zero-order chi connectivity index (χ0) is 28.1. The first-order valence-corrected chi connectivity index (χ1v) is 13.7. The van der Waals surface area contributed by atoms with Crippen LogP contribution in [0.4, 0.5) is 0 Å². The van der Waals surface area contributed by atoms with E-state index in [9.17, 15) is 9.59 Å². The predicted molar refractivity (Wildman–Crippen MR) is 150 cm³/mol. The van der Waals surface area contributed by atoms with Gasteiger partial charge in [-0.1, -0.05) is 37.6 Å². The van der Waals surface area contributed by atoms with Crippen molar-refractivity contribution in [3.63, 3.8) is 0 Å². The molecule has 7 heteroatoms. The third-order valence-electron chi connectivity index (χ3n) is 7.25. The van der Waals surface area contributed by atoms with Crippen LogP contribution in [0.2, 0.25) is 0 Å². The van der Waals surface area contributed by atoms with Crippen LogP contribution < -0.4 is 19.5 Å². The second kappa shape index (κ2) is 12.4. The van der Waals surface area contributed by atoms with E-state index < -0.39 is 11.9 Å². The van der Waals surface area contributed by atoms with Crippen LogP contribution in [-0.2, 0) is 14.3 Å². The van der Waals surface area contributed by atoms with E-state index in [1.807, 2.05) is 63.2 Å². The maximum atomic E-state index is 14.0. The molecule has 2 aromatic carbocycles. The van der Waals surface area contributed by atoms with Crippen LogP contribution in [0.25, 0.3) is 0 Å². The molecule has 2 atom stereocenters. The van der Waals surface area contributed by atoms with Crippen molar-refractivity contribution < 1.29 is 28.5 Å². The second-order valence-electron chi connectivity index (χ2n) is 10.3. The number of Topliss-reactive ketones (excluding diaryl/α,β-unsaturated/α-hetero) is 1. The second-order valence-corrected chi connectivity index (χ2v) is 10.3. The number of ether oxygens (including phenoxy) is 4. The molecule has 2 aromatic rings. The normalized spacial score (nSPS) is 19.0. The fourth-order valence-electron chi connectivity index (χ4n) is 5.42. The van der Waals surface area contributed by atoms with E-state index in [-0.39, 0.29) is 17.8 Å². The third-order valence-corrected chi connectivity index (χ3v) is 7.25. The lowest BCUT2D eigenvalue weighted by Crippen LogP contribution is -2.36. The first kappa shape index (κ1) is 28.3. The van der Waals surface area contributed by atoms with E-state index in [1.54, 1.807) is 14.2 Å². The molecule has 0 spiro atoms. The minimum atomic E-state index is -0.579. The number of allylic oxidation sites excluding steroid dienone is 3. The number of nitrogens with one attached hydrogen (secondary N) is 1. The molecule has 39 heavy (non-hydrogen) atoms. The van der Waals surface area contributed by atoms with E-state index >= 15 is 0 Å². The molecule has 0 fully saturated rings. The number of esters is 1. The lowest BCUT2D eigenvalue weighted by molar-refractivity contribution is -0.143. The van der Waals surface area contributed by atoms with Crippen LogP contribution in [0.3, 0.4) is 0 Å². The maximum Gasteiger partial charge on any atom is 0.337 e. The number of para-hydroxylation sites is 1. The molecule has 0 radical (unpaired) electrons. The Kier molecular flexibility index (Phi) is 9.00. The highest BCUT2D eigenvalue weighted by atomic mass is 16.5. The lowest BCUT2D eigenvalue weighted by atomic mass is 9.71. The Morgan fingerprint density at radius 1 is 1.03 bits per heavy atom. The van der Waals surface area contributed by atoms with Crippen LogP contribution >= 0.6 is 0 Å². The topological polar surface area (TPSA) is 83.1 Å². The standard InChI is InChI=1S/C32H39NO6/c1-7-8-15-38-26-12-10-9-11-23(26)30-29(32(35)39-19(2)3)20(4)33-24-16-22(17-25(34)31(24)30)21-13-14-27(36-5)28(18-21)37-6/h9-14,18-19,22,30,33H,7-8,15-17H2,1-6H3/t22-,30+/m1/s1. The minimum Gasteiger partial charge on any atom is -0.493 e. The number of unbranched alkanes of at least 4 members (excludes halogenated alkanes) is 1. The molecule has 1 heterocycles. The Labute approximate surface area is 231 Å². The number of benzene rings is 2. The Balaban J connectivity index is 1.79. The van der Waals surface area contributed by atoms with E-state index in [4.69, 9.17) is 18.9 Å². The number of rotatable bonds is 10. The van der Waals surface area contributed by atoms with Gasteiger partial charge in [0, 0.05) is 29.0 Å². The first-order chi connectivity index (χ1) is 18.8. The molecule has 0 aromatic heterocycles. The molecule has 208 valence electrons. The highest BCUT2D eigenvalue weighted by molar-refractivity contribution is 6.04. The van der Waals surface area contributed by atoms with Gasteiger partial charge in [-0.3, -0.25) is 4.79 Å². The zero-order valence-electron chi connectivity index (χ0n) is 23.8. The summed E-state index contributed by atoms with van der Waals surface area (Å²) in [4.78, 5) is 27.4. The van der Waals surface area contributed by atoms with Gasteiger partial charge in [-0.15, -0.1) is 0 Å². The molecular weight excluding hydrogens is 494 g/mol. The quantitative estimate of drug-likeness (QED) is 0.288. The summed E-state index contributed by atoms with van der Waals surface area (Å²) in [5, 5.41) is 3.42. The number of carbonyl (C=O) groups excluding carboxylic acids is 2. The Morgan fingerprint density at radius 2 is 1.77 bits per heavy atom. The van der Waals surface area contributed by atoms with Gasteiger partial charge in [-0.25, -0.2) is 4.79 Å². The van der Waals surface area contributed by atoms with Gasteiger partial charge in [0.2, 0.25) is 0 Å².